The van der Waals surface area contributed by atoms with Crippen LogP contribution in [0, 0.1) is 12.7 Å². The first-order chi connectivity index (χ1) is 8.08. The molecule has 0 bridgehead atoms. The number of allylic oxidation sites excluding steroid dienone is 1. The van der Waals surface area contributed by atoms with Crippen LogP contribution in [-0.4, -0.2) is 16.1 Å². The Morgan fingerprint density at radius 3 is 3.00 bits per heavy atom. The lowest BCUT2D eigenvalue weighted by Crippen LogP contribution is -1.90. The van der Waals surface area contributed by atoms with Crippen molar-refractivity contribution >= 4 is 16.9 Å². The standard InChI is InChI=1S/C13H12FNO2/c1-8-7-15-13-9(3-2-4-12(16)17)5-10(14)6-11(8)13/h2,4-7,15H,3H2,1H3,(H,16,17)/b4-2+. The summed E-state index contributed by atoms with van der Waals surface area (Å²) in [5, 5.41) is 9.33. The largest absolute Gasteiger partial charge is 0.478 e. The summed E-state index contributed by atoms with van der Waals surface area (Å²) in [6, 6.07) is 2.90. The highest BCUT2D eigenvalue weighted by molar-refractivity contribution is 5.86. The zero-order valence-corrected chi connectivity index (χ0v) is 9.33. The number of fused-ring (bicyclic) bond motifs is 1. The molecule has 0 unspecified atom stereocenters. The van der Waals surface area contributed by atoms with Gasteiger partial charge in [0.15, 0.2) is 0 Å². The number of hydrogen-bond donors (Lipinski definition) is 2. The van der Waals surface area contributed by atoms with Gasteiger partial charge in [-0.05, 0) is 36.6 Å². The van der Waals surface area contributed by atoms with Crippen LogP contribution in [0.3, 0.4) is 0 Å². The molecule has 0 aliphatic rings. The van der Waals surface area contributed by atoms with Crippen molar-refractivity contribution in [2.45, 2.75) is 13.3 Å². The number of H-pyrrole nitrogens is 1. The van der Waals surface area contributed by atoms with Crippen molar-refractivity contribution in [2.75, 3.05) is 0 Å². The van der Waals surface area contributed by atoms with E-state index < -0.39 is 5.97 Å². The molecule has 2 N–H and O–H groups in total. The highest BCUT2D eigenvalue weighted by Crippen LogP contribution is 2.23. The van der Waals surface area contributed by atoms with Crippen molar-refractivity contribution in [3.63, 3.8) is 0 Å². The van der Waals surface area contributed by atoms with Crippen LogP contribution in [0.2, 0.25) is 0 Å². The SMILES string of the molecule is Cc1c[nH]c2c(C/C=C/C(=O)O)cc(F)cc12. The van der Waals surface area contributed by atoms with Gasteiger partial charge < -0.3 is 10.1 Å². The molecule has 0 saturated carbocycles. The second-order valence-corrected chi connectivity index (χ2v) is 3.90. The number of carboxylic acid groups (broad SMARTS) is 1. The summed E-state index contributed by atoms with van der Waals surface area (Å²) in [5.41, 5.74) is 2.59. The van der Waals surface area contributed by atoms with Crippen LogP contribution in [0.1, 0.15) is 11.1 Å². The smallest absolute Gasteiger partial charge is 0.327 e. The molecule has 0 atom stereocenters. The minimum Gasteiger partial charge on any atom is -0.478 e. The quantitative estimate of drug-likeness (QED) is 0.801. The van der Waals surface area contributed by atoms with E-state index in [0.29, 0.717) is 6.42 Å². The normalized spacial score (nSPS) is 11.4. The minimum absolute atomic E-state index is 0.307. The average Bonchev–Trinajstić information content (AvgIpc) is 2.60. The second kappa shape index (κ2) is 4.41. The Labute approximate surface area is 97.6 Å². The van der Waals surface area contributed by atoms with Crippen LogP contribution >= 0.6 is 0 Å². The van der Waals surface area contributed by atoms with Gasteiger partial charge in [0.25, 0.3) is 0 Å². The molecule has 2 aromatic rings. The van der Waals surface area contributed by atoms with Crippen molar-refractivity contribution in [2.24, 2.45) is 0 Å². The Kier molecular flexibility index (Phi) is 2.95. The van der Waals surface area contributed by atoms with Crippen LogP contribution in [0.15, 0.2) is 30.5 Å². The highest BCUT2D eigenvalue weighted by Gasteiger charge is 2.06. The van der Waals surface area contributed by atoms with E-state index in [1.54, 1.807) is 0 Å². The number of carbonyl (C=O) groups is 1. The number of aromatic nitrogens is 1. The fraction of sp³-hybridized carbons (Fsp3) is 0.154. The molecule has 1 heterocycles. The van der Waals surface area contributed by atoms with Gasteiger partial charge in [0.05, 0.1) is 0 Å². The molecule has 0 saturated heterocycles. The maximum atomic E-state index is 13.4. The molecule has 0 amide bonds. The topological polar surface area (TPSA) is 53.1 Å². The lowest BCUT2D eigenvalue weighted by atomic mass is 10.1. The van der Waals surface area contributed by atoms with Crippen LogP contribution < -0.4 is 0 Å². The molecule has 0 spiro atoms. The average molecular weight is 233 g/mol. The monoisotopic (exact) mass is 233 g/mol. The predicted molar refractivity (Wildman–Crippen MR) is 63.5 cm³/mol. The third-order valence-electron chi connectivity index (χ3n) is 2.64. The van der Waals surface area contributed by atoms with E-state index in [4.69, 9.17) is 5.11 Å². The molecule has 17 heavy (non-hydrogen) atoms. The first-order valence-electron chi connectivity index (χ1n) is 5.23. The van der Waals surface area contributed by atoms with E-state index in [-0.39, 0.29) is 5.82 Å². The Bertz CT molecular complexity index is 599. The van der Waals surface area contributed by atoms with Gasteiger partial charge in [0.1, 0.15) is 5.82 Å². The summed E-state index contributed by atoms with van der Waals surface area (Å²) >= 11 is 0. The lowest BCUT2D eigenvalue weighted by Gasteiger charge is -2.01. The zero-order chi connectivity index (χ0) is 12.4. The molecule has 0 aliphatic carbocycles. The van der Waals surface area contributed by atoms with Gasteiger partial charge in [-0.3, -0.25) is 0 Å². The van der Waals surface area contributed by atoms with E-state index in [2.05, 4.69) is 4.98 Å². The Hall–Kier alpha value is -2.10. The fourth-order valence-corrected chi connectivity index (χ4v) is 1.85. The van der Waals surface area contributed by atoms with Crippen molar-refractivity contribution in [3.8, 4) is 0 Å². The summed E-state index contributed by atoms with van der Waals surface area (Å²) in [4.78, 5) is 13.4. The second-order valence-electron chi connectivity index (χ2n) is 3.90. The van der Waals surface area contributed by atoms with Crippen molar-refractivity contribution in [3.05, 3.63) is 47.4 Å². The predicted octanol–water partition coefficient (Wildman–Crippen LogP) is 2.80. The first kappa shape index (κ1) is 11.4. The van der Waals surface area contributed by atoms with E-state index >= 15 is 0 Å². The highest BCUT2D eigenvalue weighted by atomic mass is 19.1. The number of nitrogens with one attached hydrogen (secondary N) is 1. The maximum Gasteiger partial charge on any atom is 0.327 e. The van der Waals surface area contributed by atoms with E-state index in [0.717, 1.165) is 28.1 Å². The van der Waals surface area contributed by atoms with Crippen molar-refractivity contribution in [1.29, 1.82) is 0 Å². The minimum atomic E-state index is -1.000. The van der Waals surface area contributed by atoms with Crippen molar-refractivity contribution in [1.82, 2.24) is 4.98 Å². The van der Waals surface area contributed by atoms with E-state index in [9.17, 15) is 9.18 Å². The number of halogens is 1. The van der Waals surface area contributed by atoms with Gasteiger partial charge in [-0.1, -0.05) is 6.08 Å². The summed E-state index contributed by atoms with van der Waals surface area (Å²) in [5.74, 6) is -1.31. The number of benzene rings is 1. The molecule has 1 aromatic carbocycles. The first-order valence-corrected chi connectivity index (χ1v) is 5.23. The van der Waals surface area contributed by atoms with Gasteiger partial charge in [-0.2, -0.15) is 0 Å². The number of rotatable bonds is 3. The van der Waals surface area contributed by atoms with Gasteiger partial charge in [0, 0.05) is 23.2 Å². The third-order valence-corrected chi connectivity index (χ3v) is 2.64. The number of aromatic amines is 1. The summed E-state index contributed by atoms with van der Waals surface area (Å²) in [7, 11) is 0. The molecule has 4 heteroatoms. The molecular formula is C13H12FNO2. The molecule has 1 aromatic heterocycles. The molecule has 88 valence electrons. The van der Waals surface area contributed by atoms with Gasteiger partial charge >= 0.3 is 5.97 Å². The van der Waals surface area contributed by atoms with Crippen LogP contribution in [0.4, 0.5) is 4.39 Å². The molecule has 3 nitrogen and oxygen atoms in total. The Morgan fingerprint density at radius 2 is 2.29 bits per heavy atom. The van der Waals surface area contributed by atoms with Gasteiger partial charge in [-0.15, -0.1) is 0 Å². The zero-order valence-electron chi connectivity index (χ0n) is 9.33. The molecule has 2 rings (SSSR count). The van der Waals surface area contributed by atoms with Crippen LogP contribution in [-0.2, 0) is 11.2 Å². The summed E-state index contributed by atoms with van der Waals surface area (Å²) in [6.45, 7) is 1.90. The third kappa shape index (κ3) is 2.36. The number of carboxylic acids is 1. The van der Waals surface area contributed by atoms with Crippen molar-refractivity contribution < 1.29 is 14.3 Å². The number of aryl methyl sites for hydroxylation is 1. The number of hydrogen-bond acceptors (Lipinski definition) is 1. The van der Waals surface area contributed by atoms with Crippen LogP contribution in [0.5, 0.6) is 0 Å². The maximum absolute atomic E-state index is 13.4. The summed E-state index contributed by atoms with van der Waals surface area (Å²) < 4.78 is 13.4. The van der Waals surface area contributed by atoms with Crippen LogP contribution in [0.25, 0.3) is 10.9 Å². The Balaban J connectivity index is 2.42. The molecular weight excluding hydrogens is 221 g/mol. The molecule has 0 radical (unpaired) electrons. The number of aliphatic carboxylic acids is 1. The molecule has 0 fully saturated rings. The van der Waals surface area contributed by atoms with Gasteiger partial charge in [0.2, 0.25) is 0 Å². The molecule has 0 aliphatic heterocycles. The lowest BCUT2D eigenvalue weighted by molar-refractivity contribution is -0.131. The van der Waals surface area contributed by atoms with E-state index in [1.165, 1.54) is 18.2 Å². The fourth-order valence-electron chi connectivity index (χ4n) is 1.85. The summed E-state index contributed by atoms with van der Waals surface area (Å²) in [6.07, 6.45) is 4.77. The van der Waals surface area contributed by atoms with E-state index in [1.807, 2.05) is 13.1 Å². The Morgan fingerprint density at radius 1 is 1.53 bits per heavy atom. The van der Waals surface area contributed by atoms with Gasteiger partial charge in [-0.25, -0.2) is 9.18 Å².